The van der Waals surface area contributed by atoms with E-state index in [4.69, 9.17) is 0 Å². The summed E-state index contributed by atoms with van der Waals surface area (Å²) in [5.74, 6) is 0. The van der Waals surface area contributed by atoms with E-state index in [0.29, 0.717) is 0 Å². The molecule has 0 N–H and O–H groups in total. The highest BCUT2D eigenvalue weighted by molar-refractivity contribution is 6.48. The second-order valence-electron chi connectivity index (χ2n) is 13.1. The van der Waals surface area contributed by atoms with Crippen LogP contribution in [0.1, 0.15) is 0 Å². The molecule has 0 aromatic heterocycles. The van der Waals surface area contributed by atoms with Gasteiger partial charge < -0.3 is 0 Å². The number of benzene rings is 11. The third-order valence-electron chi connectivity index (χ3n) is 10.7. The molecule has 0 saturated heterocycles. The molecule has 0 aliphatic heterocycles. The molecule has 0 aliphatic rings. The predicted octanol–water partition coefficient (Wildman–Crippen LogP) is 13.7. The van der Waals surface area contributed by atoms with Crippen LogP contribution in [0.15, 0.2) is 170 Å². The molecule has 0 spiro atoms. The van der Waals surface area contributed by atoms with Gasteiger partial charge in [0.1, 0.15) is 0 Å². The van der Waals surface area contributed by atoms with Gasteiger partial charge in [-0.2, -0.15) is 0 Å². The molecule has 0 bridgehead atoms. The van der Waals surface area contributed by atoms with Crippen LogP contribution < -0.4 is 0 Å². The Morgan fingerprint density at radius 2 is 0.542 bits per heavy atom. The molecule has 11 rings (SSSR count). The van der Waals surface area contributed by atoms with Crippen LogP contribution in [0.3, 0.4) is 0 Å². The van der Waals surface area contributed by atoms with Gasteiger partial charge in [-0.15, -0.1) is 0 Å². The number of hydrogen-bond acceptors (Lipinski definition) is 0. The summed E-state index contributed by atoms with van der Waals surface area (Å²) in [5, 5.41) is 21.0. The van der Waals surface area contributed by atoms with E-state index < -0.39 is 0 Å². The van der Waals surface area contributed by atoms with Crippen molar-refractivity contribution < 1.29 is 0 Å². The lowest BCUT2D eigenvalue weighted by atomic mass is 9.77. The minimum Gasteiger partial charge on any atom is -0.0622 e. The Labute approximate surface area is 277 Å². The average Bonchev–Trinajstić information content (AvgIpc) is 3.16. The highest BCUT2D eigenvalue weighted by Gasteiger charge is 2.26. The summed E-state index contributed by atoms with van der Waals surface area (Å²) in [5.41, 5.74) is 5.12. The molecule has 0 unspecified atom stereocenters. The van der Waals surface area contributed by atoms with Crippen molar-refractivity contribution in [3.05, 3.63) is 170 Å². The predicted molar refractivity (Wildman–Crippen MR) is 209 cm³/mol. The van der Waals surface area contributed by atoms with E-state index in [0.717, 1.165) is 0 Å². The first-order valence-electron chi connectivity index (χ1n) is 16.8. The zero-order chi connectivity index (χ0) is 31.3. The van der Waals surface area contributed by atoms with E-state index in [1.165, 1.54) is 108 Å². The van der Waals surface area contributed by atoms with Gasteiger partial charge in [0, 0.05) is 0 Å². The van der Waals surface area contributed by atoms with E-state index in [9.17, 15) is 0 Å². The van der Waals surface area contributed by atoms with Gasteiger partial charge in [0.2, 0.25) is 0 Å². The Bertz CT molecular complexity index is 2870. The standard InChI is InChI=1S/C48H28/c1-3-15-29(16-4-1)41-35-23-11-13-25-37(35)43-33-21-9-8-20-32(33)28-40-46-42(30-17-5-2-6-18-30)36-24-12-14-26-38(36)44-34-22-10-7-19-31(34)27-39(48(44)46)45(41)47(40)43/h1-28H. The Balaban J connectivity index is 1.60. The molecule has 0 amide bonds. The Morgan fingerprint density at radius 1 is 0.208 bits per heavy atom. The van der Waals surface area contributed by atoms with Crippen LogP contribution in [0.25, 0.3) is 108 Å². The maximum Gasteiger partial charge on any atom is -0.000696 e. The lowest BCUT2D eigenvalue weighted by Crippen LogP contribution is -1.96. The number of fused-ring (bicyclic) bond motifs is 10. The molecule has 48 heavy (non-hydrogen) atoms. The van der Waals surface area contributed by atoms with Gasteiger partial charge in [-0.05, 0) is 121 Å². The lowest BCUT2D eigenvalue weighted by molar-refractivity contribution is 1.68. The highest BCUT2D eigenvalue weighted by atomic mass is 14.3. The monoisotopic (exact) mass is 604 g/mol. The molecular formula is C48H28. The first-order chi connectivity index (χ1) is 23.9. The number of hydrogen-bond donors (Lipinski definition) is 0. The quantitative estimate of drug-likeness (QED) is 0.136. The van der Waals surface area contributed by atoms with Gasteiger partial charge in [0.05, 0.1) is 0 Å². The molecule has 11 aromatic rings. The third-order valence-corrected chi connectivity index (χ3v) is 10.7. The third kappa shape index (κ3) is 3.34. The van der Waals surface area contributed by atoms with E-state index in [1.807, 2.05) is 0 Å². The zero-order valence-corrected chi connectivity index (χ0v) is 26.2. The Kier molecular flexibility index (Phi) is 5.20. The second kappa shape index (κ2) is 9.64. The largest absolute Gasteiger partial charge is 0.0622 e. The summed E-state index contributed by atoms with van der Waals surface area (Å²) >= 11 is 0. The average molecular weight is 605 g/mol. The summed E-state index contributed by atoms with van der Waals surface area (Å²) in [6.07, 6.45) is 0. The van der Waals surface area contributed by atoms with Crippen LogP contribution in [0.2, 0.25) is 0 Å². The van der Waals surface area contributed by atoms with Crippen LogP contribution in [-0.4, -0.2) is 0 Å². The molecule has 220 valence electrons. The van der Waals surface area contributed by atoms with Crippen molar-refractivity contribution in [1.29, 1.82) is 0 Å². The van der Waals surface area contributed by atoms with Crippen LogP contribution in [0.5, 0.6) is 0 Å². The first kappa shape index (κ1) is 25.9. The van der Waals surface area contributed by atoms with E-state index in [-0.39, 0.29) is 0 Å². The maximum atomic E-state index is 2.48. The fraction of sp³-hybridized carbons (Fsp3) is 0. The highest BCUT2D eigenvalue weighted by Crippen LogP contribution is 2.54. The van der Waals surface area contributed by atoms with Crippen molar-refractivity contribution in [2.24, 2.45) is 0 Å². The van der Waals surface area contributed by atoms with Crippen molar-refractivity contribution >= 4 is 86.2 Å². The van der Waals surface area contributed by atoms with E-state index >= 15 is 0 Å². The normalized spacial score (nSPS) is 12.2. The van der Waals surface area contributed by atoms with Crippen LogP contribution in [0, 0.1) is 0 Å². The number of rotatable bonds is 2. The topological polar surface area (TPSA) is 0 Å². The molecule has 0 aliphatic carbocycles. The van der Waals surface area contributed by atoms with Crippen LogP contribution >= 0.6 is 0 Å². The van der Waals surface area contributed by atoms with Gasteiger partial charge >= 0.3 is 0 Å². The Hall–Kier alpha value is -6.24. The Morgan fingerprint density at radius 3 is 0.958 bits per heavy atom. The summed E-state index contributed by atoms with van der Waals surface area (Å²) in [4.78, 5) is 0. The fourth-order valence-corrected chi connectivity index (χ4v) is 8.87. The van der Waals surface area contributed by atoms with Gasteiger partial charge in [-0.1, -0.05) is 158 Å². The minimum absolute atomic E-state index is 1.25. The van der Waals surface area contributed by atoms with Crippen molar-refractivity contribution in [2.45, 2.75) is 0 Å². The van der Waals surface area contributed by atoms with Gasteiger partial charge in [-0.25, -0.2) is 0 Å². The van der Waals surface area contributed by atoms with Crippen molar-refractivity contribution in [3.63, 3.8) is 0 Å². The fourth-order valence-electron chi connectivity index (χ4n) is 8.87. The molecule has 0 heteroatoms. The zero-order valence-electron chi connectivity index (χ0n) is 26.2. The summed E-state index contributed by atoms with van der Waals surface area (Å²) in [6.45, 7) is 0. The molecule has 0 atom stereocenters. The van der Waals surface area contributed by atoms with Gasteiger partial charge in [-0.3, -0.25) is 0 Å². The van der Waals surface area contributed by atoms with Crippen LogP contribution in [-0.2, 0) is 0 Å². The maximum absolute atomic E-state index is 2.48. The molecule has 0 saturated carbocycles. The molecule has 11 aromatic carbocycles. The van der Waals surface area contributed by atoms with Gasteiger partial charge in [0.15, 0.2) is 0 Å². The van der Waals surface area contributed by atoms with Crippen molar-refractivity contribution in [3.8, 4) is 22.3 Å². The van der Waals surface area contributed by atoms with E-state index in [2.05, 4.69) is 170 Å². The summed E-state index contributed by atoms with van der Waals surface area (Å²) < 4.78 is 0. The SMILES string of the molecule is c1ccc(-c2c3ccccc3c3c4ccccc4cc4c5c(-c6ccccc6)c6ccccc6c6c7ccccc7cc(c2c43)c56)cc1. The summed E-state index contributed by atoms with van der Waals surface area (Å²) in [6, 6.07) is 63.2. The first-order valence-corrected chi connectivity index (χ1v) is 16.8. The molecule has 0 fully saturated rings. The van der Waals surface area contributed by atoms with Crippen molar-refractivity contribution in [2.75, 3.05) is 0 Å². The summed E-state index contributed by atoms with van der Waals surface area (Å²) in [7, 11) is 0. The molecular weight excluding hydrogens is 577 g/mol. The smallest absolute Gasteiger partial charge is 0.000696 e. The van der Waals surface area contributed by atoms with E-state index in [1.54, 1.807) is 0 Å². The van der Waals surface area contributed by atoms with Crippen LogP contribution in [0.4, 0.5) is 0 Å². The lowest BCUT2D eigenvalue weighted by Gasteiger charge is -2.25. The second-order valence-corrected chi connectivity index (χ2v) is 13.1. The minimum atomic E-state index is 1.25. The molecule has 0 nitrogen and oxygen atoms in total. The van der Waals surface area contributed by atoms with Crippen molar-refractivity contribution in [1.82, 2.24) is 0 Å². The molecule has 0 radical (unpaired) electrons. The molecule has 0 heterocycles. The van der Waals surface area contributed by atoms with Gasteiger partial charge in [0.25, 0.3) is 0 Å².